The van der Waals surface area contributed by atoms with E-state index >= 15 is 0 Å². The average Bonchev–Trinajstić information content (AvgIpc) is 3.36. The Balaban J connectivity index is 1.71. The smallest absolute Gasteiger partial charge is 0.462 e. The molecule has 0 aliphatic carbocycles. The first-order chi connectivity index (χ1) is 36.3. The number of ether oxygens (including phenoxy) is 3. The van der Waals surface area contributed by atoms with Crippen LogP contribution >= 0.6 is 15.6 Å². The van der Waals surface area contributed by atoms with Crippen molar-refractivity contribution in [3.05, 3.63) is 34.9 Å². The fraction of sp³-hybridized carbons (Fsp3) is 0.849. The number of anilines is 1. The van der Waals surface area contributed by atoms with Gasteiger partial charge in [-0.25, -0.2) is 13.9 Å². The van der Waals surface area contributed by atoms with Crippen LogP contribution in [-0.4, -0.2) is 119 Å². The molecule has 2 aliphatic heterocycles. The second kappa shape index (κ2) is 37.3. The summed E-state index contributed by atoms with van der Waals surface area (Å²) in [5.41, 5.74) is 4.82. The monoisotopic (exact) mass is 1120 g/mol. The highest BCUT2D eigenvalue weighted by Crippen LogP contribution is 2.60. The van der Waals surface area contributed by atoms with Crippen molar-refractivity contribution in [2.75, 3.05) is 25.6 Å². The number of phosphoric ester groups is 2. The van der Waals surface area contributed by atoms with Crippen LogP contribution in [-0.2, 0) is 46.3 Å². The molecule has 23 heteroatoms. The summed E-state index contributed by atoms with van der Waals surface area (Å²) >= 11 is 0. The third-order valence-corrected chi connectivity index (χ3v) is 17.1. The predicted octanol–water partition coefficient (Wildman–Crippen LogP) is 8.63. The van der Waals surface area contributed by atoms with Gasteiger partial charge in [-0.15, -0.1) is 0 Å². The van der Waals surface area contributed by atoms with Gasteiger partial charge in [0.15, 0.2) is 6.10 Å². The van der Waals surface area contributed by atoms with E-state index in [1.165, 1.54) is 95.0 Å². The Morgan fingerprint density at radius 2 is 1.39 bits per heavy atom. The number of nitrogen functional groups attached to an aromatic ring is 1. The molecule has 0 spiro atoms. The lowest BCUT2D eigenvalue weighted by atomic mass is 9.82. The molecule has 21 nitrogen and oxygen atoms in total. The second-order valence-electron chi connectivity index (χ2n) is 21.0. The minimum Gasteiger partial charge on any atom is -0.462 e. The van der Waals surface area contributed by atoms with Gasteiger partial charge in [-0.3, -0.25) is 23.2 Å². The molecule has 2 saturated heterocycles. The van der Waals surface area contributed by atoms with Crippen LogP contribution in [0.4, 0.5) is 5.82 Å². The normalized spacial score (nSPS) is 30.0. The van der Waals surface area contributed by atoms with Crippen molar-refractivity contribution in [3.63, 3.8) is 0 Å². The first kappa shape index (κ1) is 67.7. The van der Waals surface area contributed by atoms with E-state index in [4.69, 9.17) is 29.0 Å². The number of cyclic esters (lactones) is 1. The molecule has 1 aromatic rings. The van der Waals surface area contributed by atoms with E-state index in [1.807, 2.05) is 6.92 Å². The fourth-order valence-corrected chi connectivity index (χ4v) is 11.7. The quantitative estimate of drug-likeness (QED) is 0.0186. The molecule has 2 fully saturated rings. The van der Waals surface area contributed by atoms with E-state index in [2.05, 4.69) is 23.1 Å². The molecule has 76 heavy (non-hydrogen) atoms. The number of nitrogens with zero attached hydrogens (tertiary/aromatic N) is 2. The molecule has 0 aromatic carbocycles. The summed E-state index contributed by atoms with van der Waals surface area (Å²) in [7, 11) is -11.3. The van der Waals surface area contributed by atoms with E-state index in [0.29, 0.717) is 44.9 Å². The van der Waals surface area contributed by atoms with Gasteiger partial charge in [0.25, 0.3) is 0 Å². The number of carbonyl (C=O) groups excluding carboxylic acids is 2. The van der Waals surface area contributed by atoms with E-state index in [-0.39, 0.29) is 25.1 Å². The zero-order valence-corrected chi connectivity index (χ0v) is 47.4. The van der Waals surface area contributed by atoms with Gasteiger partial charge in [-0.05, 0) is 37.7 Å². The van der Waals surface area contributed by atoms with E-state index < -0.39 is 120 Å². The van der Waals surface area contributed by atoms with Gasteiger partial charge in [-0.2, -0.15) is 9.29 Å². The summed E-state index contributed by atoms with van der Waals surface area (Å²) in [5.74, 6) is -3.15. The minimum absolute atomic E-state index is 0.0119. The SMILES string of the molecule is CCCCC[C@H](O)/C=C/[C@@H]1[C@H](O)[C@H](O)[C@H]2COP(=O)(O)OP(=O)(O)OC[C@H](OC(=O)CCCCCCCCCCCCCCCCC(C)CC)COC(=O)CCCCCC[C@H]([C@H](n3ccc(N)nc3=O)O2)[C@@H](O)C[C@H]1O. The topological polar surface area (TPSA) is 326 Å². The zero-order valence-electron chi connectivity index (χ0n) is 45.6. The number of hydrogen-bond acceptors (Lipinski definition) is 18. The first-order valence-corrected chi connectivity index (χ1v) is 31.3. The van der Waals surface area contributed by atoms with Gasteiger partial charge in [-0.1, -0.05) is 168 Å². The van der Waals surface area contributed by atoms with Gasteiger partial charge < -0.3 is 55.3 Å². The number of aliphatic hydroxyl groups is 5. The number of carbonyl (C=O) groups is 2. The molecule has 2 bridgehead atoms. The van der Waals surface area contributed by atoms with Crippen LogP contribution in [0.25, 0.3) is 0 Å². The number of nitrogens with two attached hydrogens (primary N) is 1. The Morgan fingerprint density at radius 1 is 0.803 bits per heavy atom. The van der Waals surface area contributed by atoms with Crippen molar-refractivity contribution in [2.24, 2.45) is 17.8 Å². The number of unbranched alkanes of at least 4 members (excludes halogenated alkanes) is 15. The number of phosphoric acid groups is 2. The van der Waals surface area contributed by atoms with Gasteiger partial charge in [0.05, 0.1) is 37.6 Å². The summed E-state index contributed by atoms with van der Waals surface area (Å²) in [6, 6.07) is 1.26. The molecule has 440 valence electrons. The van der Waals surface area contributed by atoms with Crippen LogP contribution in [0.5, 0.6) is 0 Å². The van der Waals surface area contributed by atoms with Crippen LogP contribution in [0.2, 0.25) is 0 Å². The average molecular weight is 1120 g/mol. The Morgan fingerprint density at radius 3 is 2.01 bits per heavy atom. The molecule has 3 heterocycles. The third-order valence-electron chi connectivity index (χ3n) is 14.5. The molecule has 13 atom stereocenters. The van der Waals surface area contributed by atoms with Crippen LogP contribution < -0.4 is 11.4 Å². The minimum atomic E-state index is -5.70. The van der Waals surface area contributed by atoms with Gasteiger partial charge >= 0.3 is 33.3 Å². The number of esters is 2. The molecule has 3 unspecified atom stereocenters. The number of rotatable bonds is 26. The maximum absolute atomic E-state index is 13.4. The Hall–Kier alpha value is -2.62. The standard InChI is InChI=1S/C53H95N3O18P2/c1-4-6-21-27-40(57)31-32-42-44(58)35-45(59)43-28-23-19-20-24-29-48(60)69-36-41(72-49(61)30-25-18-16-14-12-10-8-7-9-11-13-15-17-22-26-39(3)5-2)37-70-75(65,66)74-76(67,68)71-38-46(51(63)50(42)62)73-52(43)56-34-33-47(54)55-53(56)64/h31-34,39-46,50-52,57-59,62-63H,4-30,35-38H2,1-3H3,(H,65,66)(H,67,68)(H2,54,55,64)/b32-31+/t39?,40-,41+,42-,43-,44+,45-,46+,50-,51+,52+/m0/s1. The molecule has 1 aromatic heterocycles. The zero-order chi connectivity index (χ0) is 55.9. The first-order valence-electron chi connectivity index (χ1n) is 28.4. The highest BCUT2D eigenvalue weighted by Gasteiger charge is 2.45. The molecule has 2 aliphatic rings. The summed E-state index contributed by atoms with van der Waals surface area (Å²) in [6.07, 6.45) is 13.4. The molecule has 0 saturated carbocycles. The van der Waals surface area contributed by atoms with Crippen molar-refractivity contribution in [1.29, 1.82) is 0 Å². The van der Waals surface area contributed by atoms with Crippen molar-refractivity contribution >= 4 is 33.4 Å². The molecule has 0 radical (unpaired) electrons. The van der Waals surface area contributed by atoms with Gasteiger partial charge in [0.2, 0.25) is 0 Å². The largest absolute Gasteiger partial charge is 0.481 e. The predicted molar refractivity (Wildman–Crippen MR) is 286 cm³/mol. The summed E-state index contributed by atoms with van der Waals surface area (Å²) in [5, 5.41) is 57.6. The Labute approximate surface area is 450 Å². The number of aromatic nitrogens is 2. The molecule has 0 amide bonds. The highest BCUT2D eigenvalue weighted by molar-refractivity contribution is 7.61. The van der Waals surface area contributed by atoms with Crippen molar-refractivity contribution in [1.82, 2.24) is 9.55 Å². The van der Waals surface area contributed by atoms with Crippen LogP contribution in [0.15, 0.2) is 29.2 Å². The van der Waals surface area contributed by atoms with Crippen molar-refractivity contribution in [2.45, 2.75) is 250 Å². The third kappa shape index (κ3) is 27.5. The van der Waals surface area contributed by atoms with Gasteiger partial charge in [0.1, 0.15) is 30.9 Å². The van der Waals surface area contributed by atoms with E-state index in [9.17, 15) is 58.8 Å². The van der Waals surface area contributed by atoms with Crippen molar-refractivity contribution < 1.29 is 81.6 Å². The second-order valence-corrected chi connectivity index (χ2v) is 24.1. The van der Waals surface area contributed by atoms with Crippen LogP contribution in [0, 0.1) is 17.8 Å². The molecular formula is C53H95N3O18P2. The van der Waals surface area contributed by atoms with E-state index in [0.717, 1.165) is 49.0 Å². The number of aliphatic hydroxyl groups excluding tert-OH is 5. The molecular weight excluding hydrogens is 1030 g/mol. The lowest BCUT2D eigenvalue weighted by Gasteiger charge is -2.41. The van der Waals surface area contributed by atoms with Crippen LogP contribution in [0.3, 0.4) is 0 Å². The summed E-state index contributed by atoms with van der Waals surface area (Å²) in [4.78, 5) is 64.5. The van der Waals surface area contributed by atoms with Crippen molar-refractivity contribution in [3.8, 4) is 0 Å². The lowest BCUT2D eigenvalue weighted by Crippen LogP contribution is -2.52. The Kier molecular flexibility index (Phi) is 33.2. The summed E-state index contributed by atoms with van der Waals surface area (Å²) in [6.45, 7) is 3.91. The highest BCUT2D eigenvalue weighted by atomic mass is 31.3. The van der Waals surface area contributed by atoms with E-state index in [1.54, 1.807) is 0 Å². The maximum atomic E-state index is 13.4. The Bertz CT molecular complexity index is 1960. The molecule has 9 N–H and O–H groups in total. The number of fused-ring (bicyclic) bond motifs is 3. The van der Waals surface area contributed by atoms with Gasteiger partial charge in [0, 0.05) is 37.3 Å². The summed E-state index contributed by atoms with van der Waals surface area (Å²) < 4.78 is 59.4. The maximum Gasteiger partial charge on any atom is 0.481 e. The molecule has 3 rings (SSSR count). The van der Waals surface area contributed by atoms with Crippen LogP contribution in [0.1, 0.15) is 207 Å². The number of hydrogen-bond donors (Lipinski definition) is 8. The lowest BCUT2D eigenvalue weighted by molar-refractivity contribution is -0.195. The fourth-order valence-electron chi connectivity index (χ4n) is 9.60.